The van der Waals surface area contributed by atoms with Crippen molar-refractivity contribution in [3.63, 3.8) is 0 Å². The summed E-state index contributed by atoms with van der Waals surface area (Å²) in [7, 11) is -1.37. The number of fused-ring (bicyclic) bond motifs is 1. The number of carbonyl (C=O) groups is 1. The lowest BCUT2D eigenvalue weighted by Crippen LogP contribution is -2.22. The third-order valence-corrected chi connectivity index (χ3v) is 8.12. The van der Waals surface area contributed by atoms with E-state index in [9.17, 15) is 13.2 Å². The van der Waals surface area contributed by atoms with Crippen LogP contribution in [0.4, 0.5) is 17.1 Å². The fourth-order valence-electron chi connectivity index (χ4n) is 4.83. The molecule has 1 atom stereocenters. The molecule has 7 nitrogen and oxygen atoms in total. The van der Waals surface area contributed by atoms with Gasteiger partial charge < -0.3 is 5.32 Å². The summed E-state index contributed by atoms with van der Waals surface area (Å²) in [5, 5.41) is 2.94. The average molecular weight is 553 g/mol. The molecule has 1 unspecified atom stereocenters. The van der Waals surface area contributed by atoms with Gasteiger partial charge in [-0.25, -0.2) is 8.42 Å². The van der Waals surface area contributed by atoms with E-state index in [2.05, 4.69) is 46.3 Å². The van der Waals surface area contributed by atoms with Crippen LogP contribution in [0.5, 0.6) is 0 Å². The topological polar surface area (TPSA) is 90.9 Å². The van der Waals surface area contributed by atoms with Gasteiger partial charge in [-0.1, -0.05) is 72.8 Å². The Kier molecular flexibility index (Phi) is 8.09. The van der Waals surface area contributed by atoms with Crippen molar-refractivity contribution < 1.29 is 13.2 Å². The van der Waals surface area contributed by atoms with Crippen LogP contribution in [-0.2, 0) is 27.9 Å². The molecule has 0 radical (unpaired) electrons. The van der Waals surface area contributed by atoms with Crippen LogP contribution < -0.4 is 10.0 Å². The van der Waals surface area contributed by atoms with Crippen LogP contribution in [0.2, 0.25) is 0 Å². The molecule has 0 fully saturated rings. The van der Waals surface area contributed by atoms with E-state index in [0.717, 1.165) is 29.9 Å². The van der Waals surface area contributed by atoms with Crippen LogP contribution >= 0.6 is 0 Å². The lowest BCUT2D eigenvalue weighted by molar-refractivity contribution is -0.115. The highest BCUT2D eigenvalue weighted by molar-refractivity contribution is 7.92. The van der Waals surface area contributed by atoms with E-state index in [0.29, 0.717) is 22.6 Å². The first-order chi connectivity index (χ1) is 19.3. The van der Waals surface area contributed by atoms with Gasteiger partial charge in [-0.15, -0.1) is 0 Å². The summed E-state index contributed by atoms with van der Waals surface area (Å²) in [6.07, 6.45) is 0. The molecule has 0 saturated carbocycles. The van der Waals surface area contributed by atoms with Crippen molar-refractivity contribution >= 4 is 38.7 Å². The first kappa shape index (κ1) is 27.3. The van der Waals surface area contributed by atoms with Crippen LogP contribution in [0.15, 0.2) is 108 Å². The van der Waals surface area contributed by atoms with E-state index < -0.39 is 15.9 Å². The van der Waals surface area contributed by atoms with Crippen molar-refractivity contribution in [2.24, 2.45) is 4.99 Å². The van der Waals surface area contributed by atoms with Gasteiger partial charge in [-0.2, -0.15) is 0 Å². The molecule has 0 aromatic heterocycles. The largest absolute Gasteiger partial charge is 0.325 e. The molecule has 1 aliphatic heterocycles. The molecule has 1 aliphatic rings. The zero-order valence-electron chi connectivity index (χ0n) is 22.5. The fourth-order valence-corrected chi connectivity index (χ4v) is 5.46. The molecule has 1 heterocycles. The molecule has 0 saturated heterocycles. The van der Waals surface area contributed by atoms with Gasteiger partial charge in [-0.05, 0) is 66.6 Å². The van der Waals surface area contributed by atoms with Crippen molar-refractivity contribution in [2.45, 2.75) is 25.9 Å². The van der Waals surface area contributed by atoms with Gasteiger partial charge >= 0.3 is 0 Å². The first-order valence-corrected chi connectivity index (χ1v) is 14.9. The molecule has 8 heteroatoms. The summed E-state index contributed by atoms with van der Waals surface area (Å²) in [4.78, 5) is 20.5. The van der Waals surface area contributed by atoms with Gasteiger partial charge in [0.25, 0.3) is 0 Å². The number of aliphatic imine (C=N–C) groups is 1. The highest BCUT2D eigenvalue weighted by atomic mass is 32.2. The van der Waals surface area contributed by atoms with E-state index in [-0.39, 0.29) is 11.7 Å². The number of amides is 1. The van der Waals surface area contributed by atoms with Gasteiger partial charge in [0, 0.05) is 24.5 Å². The summed E-state index contributed by atoms with van der Waals surface area (Å²) in [5.41, 5.74) is 6.33. The molecule has 1 amide bonds. The fraction of sp³-hybridized carbons (Fsp3) is 0.188. The molecule has 0 bridgehead atoms. The Morgan fingerprint density at radius 3 is 2.15 bits per heavy atom. The summed E-state index contributed by atoms with van der Waals surface area (Å²) < 4.78 is 26.9. The quantitative estimate of drug-likeness (QED) is 0.238. The van der Waals surface area contributed by atoms with Crippen LogP contribution in [0, 0.1) is 0 Å². The van der Waals surface area contributed by atoms with Gasteiger partial charge in [0.15, 0.2) is 0 Å². The lowest BCUT2D eigenvalue weighted by Gasteiger charge is -2.17. The van der Waals surface area contributed by atoms with Gasteiger partial charge in [-0.3, -0.25) is 19.4 Å². The van der Waals surface area contributed by atoms with E-state index in [1.807, 2.05) is 60.7 Å². The van der Waals surface area contributed by atoms with Gasteiger partial charge in [0.1, 0.15) is 5.92 Å². The minimum Gasteiger partial charge on any atom is -0.325 e. The third-order valence-electron chi connectivity index (χ3n) is 6.81. The first-order valence-electron chi connectivity index (χ1n) is 13.2. The SMILES string of the molecule is CCS(=O)(=O)Nc1ccc2c(c1)C(C(=Nc1ccc(CN(C)Cc3ccccc3)cc1)c1ccccc1)C(=O)N2. The summed E-state index contributed by atoms with van der Waals surface area (Å²) in [6, 6.07) is 33.1. The Morgan fingerprint density at radius 1 is 0.875 bits per heavy atom. The maximum absolute atomic E-state index is 13.3. The summed E-state index contributed by atoms with van der Waals surface area (Å²) >= 11 is 0. The van der Waals surface area contributed by atoms with Crippen LogP contribution in [0.3, 0.4) is 0 Å². The van der Waals surface area contributed by atoms with E-state index in [4.69, 9.17) is 4.99 Å². The van der Waals surface area contributed by atoms with E-state index in [1.165, 1.54) is 5.56 Å². The van der Waals surface area contributed by atoms with E-state index >= 15 is 0 Å². The predicted molar refractivity (Wildman–Crippen MR) is 162 cm³/mol. The number of nitrogens with zero attached hydrogens (tertiary/aromatic N) is 2. The molecule has 40 heavy (non-hydrogen) atoms. The molecule has 0 spiro atoms. The zero-order valence-corrected chi connectivity index (χ0v) is 23.4. The molecule has 0 aliphatic carbocycles. The number of anilines is 2. The monoisotopic (exact) mass is 552 g/mol. The van der Waals surface area contributed by atoms with Gasteiger partial charge in [0.05, 0.1) is 17.2 Å². The molecule has 2 N–H and O–H groups in total. The number of hydrogen-bond acceptors (Lipinski definition) is 5. The average Bonchev–Trinajstić information content (AvgIpc) is 3.28. The number of nitrogens with one attached hydrogen (secondary N) is 2. The van der Waals surface area contributed by atoms with Crippen molar-refractivity contribution in [2.75, 3.05) is 22.8 Å². The maximum atomic E-state index is 13.3. The Bertz CT molecular complexity index is 1620. The van der Waals surface area contributed by atoms with E-state index in [1.54, 1.807) is 25.1 Å². The second-order valence-electron chi connectivity index (χ2n) is 9.92. The summed E-state index contributed by atoms with van der Waals surface area (Å²) in [6.45, 7) is 3.22. The second-order valence-corrected chi connectivity index (χ2v) is 11.9. The number of sulfonamides is 1. The Morgan fingerprint density at radius 2 is 1.50 bits per heavy atom. The second kappa shape index (κ2) is 11.9. The van der Waals surface area contributed by atoms with Crippen LogP contribution in [0.1, 0.15) is 35.1 Å². The molecular weight excluding hydrogens is 520 g/mol. The zero-order chi connectivity index (χ0) is 28.1. The molecule has 5 rings (SSSR count). The van der Waals surface area contributed by atoms with Crippen molar-refractivity contribution in [3.8, 4) is 0 Å². The lowest BCUT2D eigenvalue weighted by atomic mass is 9.90. The predicted octanol–water partition coefficient (Wildman–Crippen LogP) is 5.94. The normalized spacial score (nSPS) is 15.1. The Labute approximate surface area is 235 Å². The molecule has 4 aromatic rings. The highest BCUT2D eigenvalue weighted by Gasteiger charge is 2.35. The molecule has 4 aromatic carbocycles. The minimum absolute atomic E-state index is 0.0422. The van der Waals surface area contributed by atoms with Gasteiger partial charge in [0.2, 0.25) is 15.9 Å². The number of hydrogen-bond donors (Lipinski definition) is 2. The van der Waals surface area contributed by atoms with Crippen LogP contribution in [0.25, 0.3) is 0 Å². The summed E-state index contributed by atoms with van der Waals surface area (Å²) in [5.74, 6) is -0.938. The van der Waals surface area contributed by atoms with Crippen molar-refractivity contribution in [1.29, 1.82) is 0 Å². The molecule has 204 valence electrons. The highest BCUT2D eigenvalue weighted by Crippen LogP contribution is 2.38. The number of benzene rings is 4. The third kappa shape index (κ3) is 6.47. The van der Waals surface area contributed by atoms with Crippen molar-refractivity contribution in [3.05, 3.63) is 125 Å². The Balaban J connectivity index is 1.44. The Hall–Kier alpha value is -4.27. The van der Waals surface area contributed by atoms with Crippen molar-refractivity contribution in [1.82, 2.24) is 4.90 Å². The number of rotatable bonds is 10. The number of carbonyl (C=O) groups excluding carboxylic acids is 1. The minimum atomic E-state index is -3.46. The van der Waals surface area contributed by atoms with Crippen LogP contribution in [-0.4, -0.2) is 37.7 Å². The standard InChI is InChI=1S/C32H32N4O3S/c1-3-40(38,39)35-27-18-19-29-28(20-27)30(32(37)34-29)31(25-12-8-5-9-13-25)33-26-16-14-24(15-17-26)22-36(2)21-23-10-6-4-7-11-23/h4-20,30,35H,3,21-22H2,1-2H3,(H,34,37). The molecular formula is C32H32N4O3S. The maximum Gasteiger partial charge on any atom is 0.238 e. The smallest absolute Gasteiger partial charge is 0.238 e.